The maximum atomic E-state index is 12.6. The number of aromatic nitrogens is 1. The number of nitro benzene ring substituents is 1. The number of nitro groups is 1. The van der Waals surface area contributed by atoms with Crippen molar-refractivity contribution in [2.75, 3.05) is 13.1 Å². The highest BCUT2D eigenvalue weighted by atomic mass is 79.9. The number of nitrogens with one attached hydrogen (secondary N) is 1. The molecule has 0 saturated heterocycles. The molecule has 0 spiro atoms. The van der Waals surface area contributed by atoms with Crippen molar-refractivity contribution in [3.05, 3.63) is 80.5 Å². The molecule has 7 heteroatoms. The van der Waals surface area contributed by atoms with Gasteiger partial charge in [0.05, 0.1) is 4.92 Å². The van der Waals surface area contributed by atoms with Gasteiger partial charge in [0.2, 0.25) is 0 Å². The molecule has 1 aliphatic rings. The lowest BCUT2D eigenvalue weighted by molar-refractivity contribution is -0.384. The third kappa shape index (κ3) is 3.38. The molecule has 0 atom stereocenters. The fourth-order valence-electron chi connectivity index (χ4n) is 3.37. The second kappa shape index (κ2) is 7.00. The number of carbonyl (C=O) groups excluding carboxylic acids is 1. The Hall–Kier alpha value is -2.93. The van der Waals surface area contributed by atoms with Gasteiger partial charge in [-0.1, -0.05) is 22.0 Å². The SMILES string of the molecule is O=C(c1ccc([N+](=O)[O-])cc1)N1CC=C(c2c[nH]c3ccc(Br)cc23)CC1. The van der Waals surface area contributed by atoms with E-state index < -0.39 is 4.92 Å². The van der Waals surface area contributed by atoms with Gasteiger partial charge in [0, 0.05) is 57.9 Å². The first-order valence-corrected chi connectivity index (χ1v) is 9.32. The number of nitrogens with zero attached hydrogens (tertiary/aromatic N) is 2. The minimum atomic E-state index is -0.469. The Kier molecular flexibility index (Phi) is 4.53. The maximum Gasteiger partial charge on any atom is 0.269 e. The van der Waals surface area contributed by atoms with Crippen molar-refractivity contribution in [1.82, 2.24) is 9.88 Å². The predicted molar refractivity (Wildman–Crippen MR) is 108 cm³/mol. The molecule has 0 aliphatic carbocycles. The van der Waals surface area contributed by atoms with E-state index in [4.69, 9.17) is 0 Å². The van der Waals surface area contributed by atoms with Crippen LogP contribution in [0.3, 0.4) is 0 Å². The van der Waals surface area contributed by atoms with E-state index in [1.807, 2.05) is 18.3 Å². The number of carbonyl (C=O) groups is 1. The molecule has 0 fully saturated rings. The normalized spacial score (nSPS) is 14.3. The molecule has 1 aromatic heterocycles. The number of fused-ring (bicyclic) bond motifs is 1. The average Bonchev–Trinajstić information content (AvgIpc) is 3.10. The number of H-pyrrole nitrogens is 1. The standard InChI is InChI=1S/C20H16BrN3O3/c21-15-3-6-19-17(11-15)18(12-22-19)13-7-9-23(10-8-13)20(25)14-1-4-16(5-2-14)24(26)27/h1-7,11-12,22H,8-10H2. The molecule has 1 N–H and O–H groups in total. The Morgan fingerprint density at radius 3 is 2.63 bits per heavy atom. The molecule has 1 amide bonds. The summed E-state index contributed by atoms with van der Waals surface area (Å²) >= 11 is 3.52. The molecule has 1 aliphatic heterocycles. The summed E-state index contributed by atoms with van der Waals surface area (Å²) in [5, 5.41) is 11.9. The molecule has 0 saturated carbocycles. The number of benzene rings is 2. The van der Waals surface area contributed by atoms with Crippen LogP contribution in [0.4, 0.5) is 5.69 Å². The van der Waals surface area contributed by atoms with Gasteiger partial charge in [0.25, 0.3) is 11.6 Å². The number of rotatable bonds is 3. The van der Waals surface area contributed by atoms with Crippen molar-refractivity contribution >= 4 is 44.0 Å². The molecule has 0 bridgehead atoms. The second-order valence-corrected chi connectivity index (χ2v) is 7.34. The number of halogens is 1. The van der Waals surface area contributed by atoms with Gasteiger partial charge >= 0.3 is 0 Å². The van der Waals surface area contributed by atoms with Gasteiger partial charge in [-0.2, -0.15) is 0 Å². The molecule has 136 valence electrons. The molecule has 2 aromatic carbocycles. The summed E-state index contributed by atoms with van der Waals surface area (Å²) in [4.78, 5) is 28.0. The number of non-ortho nitro benzene ring substituents is 1. The van der Waals surface area contributed by atoms with Crippen molar-refractivity contribution in [2.24, 2.45) is 0 Å². The highest BCUT2D eigenvalue weighted by Crippen LogP contribution is 2.31. The fraction of sp³-hybridized carbons (Fsp3) is 0.150. The maximum absolute atomic E-state index is 12.6. The quantitative estimate of drug-likeness (QED) is 0.484. The van der Waals surface area contributed by atoms with Gasteiger partial charge in [-0.3, -0.25) is 14.9 Å². The first-order chi connectivity index (χ1) is 13.0. The van der Waals surface area contributed by atoms with Crippen molar-refractivity contribution in [3.8, 4) is 0 Å². The van der Waals surface area contributed by atoms with Gasteiger partial charge in [0.15, 0.2) is 0 Å². The Bertz CT molecular complexity index is 1070. The topological polar surface area (TPSA) is 79.2 Å². The van der Waals surface area contributed by atoms with E-state index in [1.165, 1.54) is 29.8 Å². The van der Waals surface area contributed by atoms with Crippen LogP contribution in [-0.2, 0) is 0 Å². The zero-order valence-electron chi connectivity index (χ0n) is 14.3. The lowest BCUT2D eigenvalue weighted by Gasteiger charge is -2.26. The van der Waals surface area contributed by atoms with Gasteiger partial charge in [0.1, 0.15) is 0 Å². The van der Waals surface area contributed by atoms with Crippen molar-refractivity contribution in [2.45, 2.75) is 6.42 Å². The molecule has 3 aromatic rings. The number of hydrogen-bond donors (Lipinski definition) is 1. The zero-order chi connectivity index (χ0) is 19.0. The fourth-order valence-corrected chi connectivity index (χ4v) is 3.73. The van der Waals surface area contributed by atoms with E-state index >= 15 is 0 Å². The lowest BCUT2D eigenvalue weighted by atomic mass is 9.98. The lowest BCUT2D eigenvalue weighted by Crippen LogP contribution is -2.34. The minimum absolute atomic E-state index is 0.0159. The Labute approximate surface area is 163 Å². The average molecular weight is 426 g/mol. The van der Waals surface area contributed by atoms with Gasteiger partial charge in [-0.15, -0.1) is 0 Å². The van der Waals surface area contributed by atoms with E-state index in [-0.39, 0.29) is 11.6 Å². The third-order valence-electron chi connectivity index (χ3n) is 4.81. The summed E-state index contributed by atoms with van der Waals surface area (Å²) in [5.41, 5.74) is 3.91. The molecule has 6 nitrogen and oxygen atoms in total. The summed E-state index contributed by atoms with van der Waals surface area (Å²) in [6.45, 7) is 1.13. The Morgan fingerprint density at radius 1 is 1.19 bits per heavy atom. The van der Waals surface area contributed by atoms with E-state index in [2.05, 4.69) is 33.1 Å². The van der Waals surface area contributed by atoms with E-state index in [0.717, 1.165) is 27.4 Å². The summed E-state index contributed by atoms with van der Waals surface area (Å²) in [7, 11) is 0. The first kappa shape index (κ1) is 17.5. The van der Waals surface area contributed by atoms with Crippen LogP contribution >= 0.6 is 15.9 Å². The van der Waals surface area contributed by atoms with Crippen molar-refractivity contribution in [3.63, 3.8) is 0 Å². The Morgan fingerprint density at radius 2 is 1.96 bits per heavy atom. The van der Waals surface area contributed by atoms with E-state index in [1.54, 1.807) is 4.90 Å². The molecule has 27 heavy (non-hydrogen) atoms. The molecule has 0 unspecified atom stereocenters. The summed E-state index contributed by atoms with van der Waals surface area (Å²) in [6, 6.07) is 11.9. The van der Waals surface area contributed by atoms with Crippen LogP contribution in [0.25, 0.3) is 16.5 Å². The van der Waals surface area contributed by atoms with E-state index in [0.29, 0.717) is 18.7 Å². The smallest absolute Gasteiger partial charge is 0.269 e. The van der Waals surface area contributed by atoms with E-state index in [9.17, 15) is 14.9 Å². The first-order valence-electron chi connectivity index (χ1n) is 8.53. The number of hydrogen-bond acceptors (Lipinski definition) is 3. The second-order valence-electron chi connectivity index (χ2n) is 6.43. The predicted octanol–water partition coefficient (Wildman–Crippen LogP) is 4.77. The van der Waals surface area contributed by atoms with Crippen molar-refractivity contribution < 1.29 is 9.72 Å². The summed E-state index contributed by atoms with van der Waals surface area (Å²) < 4.78 is 1.03. The third-order valence-corrected chi connectivity index (χ3v) is 5.30. The minimum Gasteiger partial charge on any atom is -0.361 e. The highest BCUT2D eigenvalue weighted by molar-refractivity contribution is 9.10. The van der Waals surface area contributed by atoms with Crippen LogP contribution in [0.15, 0.2) is 59.2 Å². The molecular weight excluding hydrogens is 410 g/mol. The molecule has 2 heterocycles. The number of amides is 1. The summed E-state index contributed by atoms with van der Waals surface area (Å²) in [5.74, 6) is -0.109. The largest absolute Gasteiger partial charge is 0.361 e. The van der Waals surface area contributed by atoms with Crippen LogP contribution in [0.1, 0.15) is 22.3 Å². The summed E-state index contributed by atoms with van der Waals surface area (Å²) in [6.07, 6.45) is 4.85. The van der Waals surface area contributed by atoms with Gasteiger partial charge in [-0.05, 0) is 42.3 Å². The highest BCUT2D eigenvalue weighted by Gasteiger charge is 2.21. The van der Waals surface area contributed by atoms with Crippen LogP contribution in [0.5, 0.6) is 0 Å². The molecular formula is C20H16BrN3O3. The van der Waals surface area contributed by atoms with Crippen LogP contribution in [-0.4, -0.2) is 33.8 Å². The molecule has 0 radical (unpaired) electrons. The van der Waals surface area contributed by atoms with Crippen LogP contribution in [0, 0.1) is 10.1 Å². The van der Waals surface area contributed by atoms with Gasteiger partial charge in [-0.25, -0.2) is 0 Å². The monoisotopic (exact) mass is 425 g/mol. The number of aromatic amines is 1. The van der Waals surface area contributed by atoms with Gasteiger partial charge < -0.3 is 9.88 Å². The van der Waals surface area contributed by atoms with Crippen molar-refractivity contribution in [1.29, 1.82) is 0 Å². The van der Waals surface area contributed by atoms with Crippen LogP contribution in [0.2, 0.25) is 0 Å². The molecule has 4 rings (SSSR count). The Balaban J connectivity index is 1.53. The van der Waals surface area contributed by atoms with Crippen LogP contribution < -0.4 is 0 Å². The zero-order valence-corrected chi connectivity index (χ0v) is 15.9.